The normalized spacial score (nSPS) is 16.4. The maximum absolute atomic E-state index is 11.8. The third-order valence-corrected chi connectivity index (χ3v) is 5.28. The van der Waals surface area contributed by atoms with Gasteiger partial charge < -0.3 is 15.5 Å². The lowest BCUT2D eigenvalue weighted by atomic mass is 10.1. The zero-order chi connectivity index (χ0) is 20.8. The van der Waals surface area contributed by atoms with Crippen LogP contribution in [-0.4, -0.2) is 51.6 Å². The van der Waals surface area contributed by atoms with Crippen LogP contribution in [0.1, 0.15) is 30.9 Å². The van der Waals surface area contributed by atoms with Gasteiger partial charge in [0.25, 0.3) is 0 Å². The number of anilines is 3. The molecule has 1 aromatic carbocycles. The van der Waals surface area contributed by atoms with Gasteiger partial charge in [-0.3, -0.25) is 9.59 Å². The minimum absolute atomic E-state index is 0.00634. The number of aryl methyl sites for hydroxylation is 1. The van der Waals surface area contributed by atoms with E-state index in [-0.39, 0.29) is 30.0 Å². The summed E-state index contributed by atoms with van der Waals surface area (Å²) < 4.78 is 0. The molecule has 1 fully saturated rings. The predicted octanol–water partition coefficient (Wildman–Crippen LogP) is 3.30. The number of rotatable bonds is 7. The van der Waals surface area contributed by atoms with Crippen LogP contribution in [0.5, 0.6) is 0 Å². The summed E-state index contributed by atoms with van der Waals surface area (Å²) in [4.78, 5) is 34.3. The van der Waals surface area contributed by atoms with Crippen molar-refractivity contribution in [1.29, 1.82) is 0 Å². The summed E-state index contributed by atoms with van der Waals surface area (Å²) in [6.45, 7) is 4.97. The van der Waals surface area contributed by atoms with Gasteiger partial charge in [0.05, 0.1) is 5.88 Å². The van der Waals surface area contributed by atoms with Crippen LogP contribution in [0.15, 0.2) is 30.5 Å². The van der Waals surface area contributed by atoms with Crippen molar-refractivity contribution in [2.45, 2.75) is 39.2 Å². The fourth-order valence-electron chi connectivity index (χ4n) is 3.39. The van der Waals surface area contributed by atoms with Crippen LogP contribution in [0.4, 0.5) is 17.5 Å². The van der Waals surface area contributed by atoms with E-state index in [0.717, 1.165) is 36.2 Å². The van der Waals surface area contributed by atoms with Crippen molar-refractivity contribution in [2.24, 2.45) is 0 Å². The largest absolute Gasteiger partial charge is 0.350 e. The molecule has 154 valence electrons. The van der Waals surface area contributed by atoms with Crippen LogP contribution in [0.25, 0.3) is 0 Å². The van der Waals surface area contributed by atoms with Crippen LogP contribution >= 0.6 is 11.6 Å². The van der Waals surface area contributed by atoms with Crippen LogP contribution in [0.3, 0.4) is 0 Å². The topological polar surface area (TPSA) is 87.2 Å². The van der Waals surface area contributed by atoms with Gasteiger partial charge >= 0.3 is 0 Å². The van der Waals surface area contributed by atoms with E-state index in [0.29, 0.717) is 18.3 Å². The Morgan fingerprint density at radius 3 is 2.86 bits per heavy atom. The first-order valence-corrected chi connectivity index (χ1v) is 10.3. The molecule has 0 radical (unpaired) electrons. The van der Waals surface area contributed by atoms with Gasteiger partial charge in [0.2, 0.25) is 11.9 Å². The zero-order valence-corrected chi connectivity index (χ0v) is 17.5. The molecule has 0 bridgehead atoms. The number of ketones is 1. The summed E-state index contributed by atoms with van der Waals surface area (Å²) in [6.07, 6.45) is 3.95. The van der Waals surface area contributed by atoms with Gasteiger partial charge in [0, 0.05) is 49.9 Å². The number of Topliss-reactive ketones (excluding diaryl/α,β-unsaturated/α-hetero) is 1. The fourth-order valence-corrected chi connectivity index (χ4v) is 3.48. The fraction of sp³-hybridized carbons (Fsp3) is 0.429. The van der Waals surface area contributed by atoms with Crippen molar-refractivity contribution in [3.63, 3.8) is 0 Å². The van der Waals surface area contributed by atoms with Crippen molar-refractivity contribution in [2.75, 3.05) is 29.6 Å². The van der Waals surface area contributed by atoms with Gasteiger partial charge in [-0.05, 0) is 31.4 Å². The van der Waals surface area contributed by atoms with Crippen LogP contribution in [0.2, 0.25) is 0 Å². The lowest BCUT2D eigenvalue weighted by Gasteiger charge is -2.32. The van der Waals surface area contributed by atoms with E-state index in [1.165, 1.54) is 0 Å². The molecule has 2 N–H and O–H groups in total. The van der Waals surface area contributed by atoms with Gasteiger partial charge in [-0.2, -0.15) is 4.98 Å². The minimum Gasteiger partial charge on any atom is -0.350 e. The molecule has 3 rings (SSSR count). The lowest BCUT2D eigenvalue weighted by molar-refractivity contribution is -0.129. The molecular formula is C21H26ClN5O2. The number of amides is 1. The third-order valence-electron chi connectivity index (χ3n) is 4.98. The van der Waals surface area contributed by atoms with Crippen molar-refractivity contribution >= 4 is 40.7 Å². The number of aromatic nitrogens is 2. The molecule has 1 aromatic heterocycles. The highest BCUT2D eigenvalue weighted by Crippen LogP contribution is 2.24. The molecule has 7 nitrogen and oxygen atoms in total. The summed E-state index contributed by atoms with van der Waals surface area (Å²) in [5, 5.41) is 6.67. The number of hydrogen-bond donors (Lipinski definition) is 2. The molecule has 1 aliphatic heterocycles. The Morgan fingerprint density at radius 2 is 2.10 bits per heavy atom. The van der Waals surface area contributed by atoms with Crippen molar-refractivity contribution < 1.29 is 9.59 Å². The SMILES string of the molecule is CC(=O)N1CCC[C@H](Nc2ncc(C)c(Nc3ccccc3CC(=O)CCl)n2)C1. The number of benzene rings is 1. The number of hydrogen-bond acceptors (Lipinski definition) is 6. The lowest BCUT2D eigenvalue weighted by Crippen LogP contribution is -2.44. The highest BCUT2D eigenvalue weighted by atomic mass is 35.5. The average Bonchev–Trinajstić information content (AvgIpc) is 2.72. The molecule has 0 saturated carbocycles. The van der Waals surface area contributed by atoms with E-state index < -0.39 is 0 Å². The molecule has 1 atom stereocenters. The van der Waals surface area contributed by atoms with E-state index >= 15 is 0 Å². The smallest absolute Gasteiger partial charge is 0.224 e. The molecule has 1 amide bonds. The molecule has 1 aliphatic rings. The van der Waals surface area contributed by atoms with Gasteiger partial charge in [-0.1, -0.05) is 18.2 Å². The summed E-state index contributed by atoms with van der Waals surface area (Å²) in [7, 11) is 0. The first-order valence-electron chi connectivity index (χ1n) is 9.74. The Balaban J connectivity index is 1.75. The van der Waals surface area contributed by atoms with E-state index in [1.807, 2.05) is 36.1 Å². The summed E-state index contributed by atoms with van der Waals surface area (Å²) in [6, 6.07) is 7.74. The number of nitrogens with one attached hydrogen (secondary N) is 2. The first kappa shape index (κ1) is 21.0. The molecular weight excluding hydrogens is 390 g/mol. The van der Waals surface area contributed by atoms with Gasteiger partial charge in [0.15, 0.2) is 5.78 Å². The van der Waals surface area contributed by atoms with E-state index in [1.54, 1.807) is 13.1 Å². The summed E-state index contributed by atoms with van der Waals surface area (Å²) in [5.74, 6) is 1.24. The number of nitrogens with zero attached hydrogens (tertiary/aromatic N) is 3. The maximum Gasteiger partial charge on any atom is 0.224 e. The second-order valence-electron chi connectivity index (χ2n) is 7.30. The van der Waals surface area contributed by atoms with Crippen molar-refractivity contribution in [3.05, 3.63) is 41.6 Å². The monoisotopic (exact) mass is 415 g/mol. The molecule has 8 heteroatoms. The number of piperidine rings is 1. The van der Waals surface area contributed by atoms with Crippen molar-refractivity contribution in [3.8, 4) is 0 Å². The number of para-hydroxylation sites is 1. The quantitative estimate of drug-likeness (QED) is 0.674. The highest BCUT2D eigenvalue weighted by Gasteiger charge is 2.22. The predicted molar refractivity (Wildman–Crippen MR) is 115 cm³/mol. The molecule has 29 heavy (non-hydrogen) atoms. The van der Waals surface area contributed by atoms with Crippen LogP contribution < -0.4 is 10.6 Å². The van der Waals surface area contributed by atoms with Gasteiger partial charge in [-0.15, -0.1) is 11.6 Å². The first-order chi connectivity index (χ1) is 14.0. The number of alkyl halides is 1. The number of likely N-dealkylation sites (tertiary alicyclic amines) is 1. The second kappa shape index (κ2) is 9.69. The van der Waals surface area contributed by atoms with E-state index in [9.17, 15) is 9.59 Å². The molecule has 0 aliphatic carbocycles. The van der Waals surface area contributed by atoms with Crippen LogP contribution in [0, 0.1) is 6.92 Å². The molecule has 0 unspecified atom stereocenters. The van der Waals surface area contributed by atoms with Gasteiger partial charge in [0.1, 0.15) is 5.82 Å². The maximum atomic E-state index is 11.8. The number of carbonyl (C=O) groups excluding carboxylic acids is 2. The van der Waals surface area contributed by atoms with E-state index in [2.05, 4.69) is 20.6 Å². The van der Waals surface area contributed by atoms with Crippen LogP contribution in [-0.2, 0) is 16.0 Å². The average molecular weight is 416 g/mol. The minimum atomic E-state index is -0.0324. The molecule has 0 spiro atoms. The summed E-state index contributed by atoms with van der Waals surface area (Å²) in [5.41, 5.74) is 2.58. The Labute approximate surface area is 175 Å². The zero-order valence-electron chi connectivity index (χ0n) is 16.7. The Bertz CT molecular complexity index is 889. The number of halogens is 1. The second-order valence-corrected chi connectivity index (χ2v) is 7.57. The molecule has 1 saturated heterocycles. The van der Waals surface area contributed by atoms with Crippen molar-refractivity contribution in [1.82, 2.24) is 14.9 Å². The number of carbonyl (C=O) groups is 2. The third kappa shape index (κ3) is 5.67. The Morgan fingerprint density at radius 1 is 1.31 bits per heavy atom. The Kier molecular flexibility index (Phi) is 7.04. The Hall–Kier alpha value is -2.67. The van der Waals surface area contributed by atoms with Gasteiger partial charge in [-0.25, -0.2) is 4.98 Å². The van der Waals surface area contributed by atoms with E-state index in [4.69, 9.17) is 11.6 Å². The molecule has 2 heterocycles. The highest BCUT2D eigenvalue weighted by molar-refractivity contribution is 6.27. The summed E-state index contributed by atoms with van der Waals surface area (Å²) >= 11 is 5.66. The molecule has 2 aromatic rings. The standard InChI is InChI=1S/C21H26ClN5O2/c1-14-12-23-21(24-17-7-5-9-27(13-17)15(2)28)26-20(14)25-19-8-4-3-6-16(19)10-18(29)11-22/h3-4,6,8,12,17H,5,7,9-11,13H2,1-2H3,(H2,23,24,25,26)/t17-/m0/s1.